The van der Waals surface area contributed by atoms with Gasteiger partial charge in [-0.1, -0.05) is 0 Å². The molecule has 1 saturated heterocycles. The lowest BCUT2D eigenvalue weighted by atomic mass is 10.1. The Kier molecular flexibility index (Phi) is 5.02. The fourth-order valence-electron chi connectivity index (χ4n) is 2.80. The number of thiophene rings is 1. The molecule has 0 spiro atoms. The molecule has 0 radical (unpaired) electrons. The van der Waals surface area contributed by atoms with Crippen molar-refractivity contribution >= 4 is 27.2 Å². The van der Waals surface area contributed by atoms with Crippen LogP contribution in [-0.2, 0) is 16.6 Å². The van der Waals surface area contributed by atoms with Crippen LogP contribution in [0, 0.1) is 0 Å². The summed E-state index contributed by atoms with van der Waals surface area (Å²) >= 11 is 1.36. The number of rotatable bonds is 5. The monoisotopic (exact) mass is 368 g/mol. The van der Waals surface area contributed by atoms with Gasteiger partial charge < -0.3 is 9.47 Å². The molecule has 0 bridgehead atoms. The molecule has 130 valence electrons. The minimum atomic E-state index is -3.46. The van der Waals surface area contributed by atoms with Gasteiger partial charge in [-0.2, -0.15) is 11.3 Å². The minimum Gasteiger partial charge on any atom is -0.352 e. The van der Waals surface area contributed by atoms with Crippen LogP contribution in [0.3, 0.4) is 0 Å². The number of anilines is 1. The zero-order chi connectivity index (χ0) is 17.2. The summed E-state index contributed by atoms with van der Waals surface area (Å²) in [6, 6.07) is 1.48. The van der Waals surface area contributed by atoms with Crippen molar-refractivity contribution in [2.75, 3.05) is 18.0 Å². The average Bonchev–Trinajstić information content (AvgIpc) is 3.11. The summed E-state index contributed by atoms with van der Waals surface area (Å²) in [5.41, 5.74) is -0.0997. The van der Waals surface area contributed by atoms with Gasteiger partial charge in [0.05, 0.1) is 4.90 Å². The van der Waals surface area contributed by atoms with Crippen LogP contribution in [0.2, 0.25) is 0 Å². The lowest BCUT2D eigenvalue weighted by molar-refractivity contribution is 0.457. The van der Waals surface area contributed by atoms with Crippen LogP contribution < -0.4 is 15.2 Å². The molecule has 0 unspecified atom stereocenters. The van der Waals surface area contributed by atoms with Gasteiger partial charge in [-0.15, -0.1) is 0 Å². The zero-order valence-corrected chi connectivity index (χ0v) is 15.0. The first-order chi connectivity index (χ1) is 11.5. The lowest BCUT2D eigenvalue weighted by Gasteiger charge is -2.32. The fraction of sp³-hybridized carbons (Fsp3) is 0.467. The van der Waals surface area contributed by atoms with Crippen LogP contribution in [0.25, 0.3) is 0 Å². The molecule has 0 saturated carbocycles. The van der Waals surface area contributed by atoms with E-state index in [0.717, 1.165) is 0 Å². The van der Waals surface area contributed by atoms with Gasteiger partial charge in [0.25, 0.3) is 5.56 Å². The highest BCUT2D eigenvalue weighted by molar-refractivity contribution is 7.89. The second kappa shape index (κ2) is 7.04. The normalized spacial score (nSPS) is 16.5. The molecule has 1 aliphatic heterocycles. The fourth-order valence-corrected chi connectivity index (χ4v) is 5.14. The lowest BCUT2D eigenvalue weighted by Crippen LogP contribution is -2.46. The number of sulfonamides is 1. The molecule has 24 heavy (non-hydrogen) atoms. The molecule has 9 heteroatoms. The molecule has 2 aromatic rings. The SMILES string of the molecule is CCn1ccnc(N2CCC(NS(=O)(=O)c3ccsc3)CC2)c1=O. The van der Waals surface area contributed by atoms with E-state index in [1.165, 1.54) is 11.3 Å². The summed E-state index contributed by atoms with van der Waals surface area (Å²) in [5.74, 6) is 0.443. The van der Waals surface area contributed by atoms with Gasteiger partial charge >= 0.3 is 0 Å². The highest BCUT2D eigenvalue weighted by Gasteiger charge is 2.26. The maximum absolute atomic E-state index is 12.3. The first-order valence-corrected chi connectivity index (χ1v) is 10.3. The number of nitrogens with one attached hydrogen (secondary N) is 1. The average molecular weight is 368 g/mol. The Morgan fingerprint density at radius 1 is 1.38 bits per heavy atom. The number of aromatic nitrogens is 2. The predicted octanol–water partition coefficient (Wildman–Crippen LogP) is 1.27. The van der Waals surface area contributed by atoms with Gasteiger partial charge in [0.2, 0.25) is 10.0 Å². The summed E-state index contributed by atoms with van der Waals surface area (Å²) in [6.07, 6.45) is 4.59. The molecule has 7 nitrogen and oxygen atoms in total. The van der Waals surface area contributed by atoms with Gasteiger partial charge in [0, 0.05) is 43.4 Å². The maximum atomic E-state index is 12.3. The van der Waals surface area contributed by atoms with Crippen LogP contribution in [0.4, 0.5) is 5.82 Å². The number of aryl methyl sites for hydroxylation is 1. The van der Waals surface area contributed by atoms with Crippen LogP contribution in [0.5, 0.6) is 0 Å². The third kappa shape index (κ3) is 3.52. The Morgan fingerprint density at radius 3 is 2.75 bits per heavy atom. The second-order valence-corrected chi connectivity index (χ2v) is 8.18. The van der Waals surface area contributed by atoms with Crippen LogP contribution >= 0.6 is 11.3 Å². The molecule has 1 aliphatic rings. The summed E-state index contributed by atoms with van der Waals surface area (Å²) < 4.78 is 28.9. The van der Waals surface area contributed by atoms with Gasteiger partial charge in [-0.05, 0) is 31.2 Å². The minimum absolute atomic E-state index is 0.0997. The molecule has 1 N–H and O–H groups in total. The largest absolute Gasteiger partial charge is 0.352 e. The molecule has 1 fully saturated rings. The van der Waals surface area contributed by atoms with Crippen molar-refractivity contribution in [1.82, 2.24) is 14.3 Å². The number of piperidine rings is 1. The summed E-state index contributed by atoms with van der Waals surface area (Å²) in [5, 5.41) is 3.37. The highest BCUT2D eigenvalue weighted by atomic mass is 32.2. The Labute approximate surface area is 145 Å². The Balaban J connectivity index is 1.65. The van der Waals surface area contributed by atoms with E-state index >= 15 is 0 Å². The first kappa shape index (κ1) is 17.1. The predicted molar refractivity (Wildman–Crippen MR) is 94.0 cm³/mol. The van der Waals surface area contributed by atoms with E-state index < -0.39 is 10.0 Å². The second-order valence-electron chi connectivity index (χ2n) is 5.68. The Bertz CT molecular complexity index is 838. The number of nitrogens with zero attached hydrogens (tertiary/aromatic N) is 3. The molecular weight excluding hydrogens is 348 g/mol. The Hall–Kier alpha value is -1.71. The molecule has 0 aromatic carbocycles. The standard InChI is InChI=1S/C15H20N4O3S2/c1-2-18-9-6-16-14(15(18)20)19-7-3-12(4-8-19)17-24(21,22)13-5-10-23-11-13/h5-6,9-12,17H,2-4,7-8H2,1H3. The van der Waals surface area contributed by atoms with E-state index in [9.17, 15) is 13.2 Å². The van der Waals surface area contributed by atoms with Crippen LogP contribution in [0.15, 0.2) is 38.9 Å². The van der Waals surface area contributed by atoms with Crippen molar-refractivity contribution in [2.45, 2.75) is 37.2 Å². The summed E-state index contributed by atoms with van der Waals surface area (Å²) in [6.45, 7) is 3.72. The first-order valence-electron chi connectivity index (χ1n) is 7.86. The molecule has 2 aromatic heterocycles. The van der Waals surface area contributed by atoms with E-state index in [1.54, 1.807) is 33.8 Å². The Morgan fingerprint density at radius 2 is 2.12 bits per heavy atom. The number of hydrogen-bond donors (Lipinski definition) is 1. The van der Waals surface area contributed by atoms with Gasteiger partial charge in [-0.3, -0.25) is 4.79 Å². The van der Waals surface area contributed by atoms with Crippen molar-refractivity contribution < 1.29 is 8.42 Å². The quantitative estimate of drug-likeness (QED) is 0.859. The smallest absolute Gasteiger partial charge is 0.293 e. The molecule has 0 atom stereocenters. The number of hydrogen-bond acceptors (Lipinski definition) is 6. The highest BCUT2D eigenvalue weighted by Crippen LogP contribution is 2.18. The zero-order valence-electron chi connectivity index (χ0n) is 13.4. The van der Waals surface area contributed by atoms with Crippen molar-refractivity contribution in [3.05, 3.63) is 39.6 Å². The van der Waals surface area contributed by atoms with Gasteiger partial charge in [0.1, 0.15) is 0 Å². The van der Waals surface area contributed by atoms with Gasteiger partial charge in [-0.25, -0.2) is 18.1 Å². The third-order valence-electron chi connectivity index (χ3n) is 4.16. The van der Waals surface area contributed by atoms with E-state index in [4.69, 9.17) is 0 Å². The molecule has 0 aliphatic carbocycles. The molecular formula is C15H20N4O3S2. The maximum Gasteiger partial charge on any atom is 0.293 e. The van der Waals surface area contributed by atoms with Gasteiger partial charge in [0.15, 0.2) is 5.82 Å². The molecule has 3 rings (SSSR count). The molecule has 3 heterocycles. The topological polar surface area (TPSA) is 84.3 Å². The van der Waals surface area contributed by atoms with Crippen molar-refractivity contribution in [3.8, 4) is 0 Å². The van der Waals surface area contributed by atoms with E-state index in [1.807, 2.05) is 11.8 Å². The van der Waals surface area contributed by atoms with Crippen molar-refractivity contribution in [2.24, 2.45) is 0 Å². The van der Waals surface area contributed by atoms with Crippen LogP contribution in [-0.4, -0.2) is 37.1 Å². The van der Waals surface area contributed by atoms with Crippen LogP contribution in [0.1, 0.15) is 19.8 Å². The van der Waals surface area contributed by atoms with E-state index in [0.29, 0.717) is 43.2 Å². The van der Waals surface area contributed by atoms with Crippen molar-refractivity contribution in [3.63, 3.8) is 0 Å². The summed E-state index contributed by atoms with van der Waals surface area (Å²) in [4.78, 5) is 18.8. The van der Waals surface area contributed by atoms with E-state index in [2.05, 4.69) is 9.71 Å². The summed E-state index contributed by atoms with van der Waals surface area (Å²) in [7, 11) is -3.46. The molecule has 0 amide bonds. The van der Waals surface area contributed by atoms with Crippen molar-refractivity contribution in [1.29, 1.82) is 0 Å². The third-order valence-corrected chi connectivity index (χ3v) is 6.51. The van der Waals surface area contributed by atoms with E-state index in [-0.39, 0.29) is 11.6 Å².